The van der Waals surface area contributed by atoms with Crippen molar-refractivity contribution in [2.24, 2.45) is 0 Å². The molecule has 2 nitrogen and oxygen atoms in total. The molecule has 1 atom stereocenters. The highest BCUT2D eigenvalue weighted by molar-refractivity contribution is 5.20. The lowest BCUT2D eigenvalue weighted by molar-refractivity contribution is 0.250. The minimum atomic E-state index is 0.531. The monoisotopic (exact) mass is 218 g/mol. The largest absolute Gasteiger partial charge is 0.306 e. The molecule has 0 aromatic carbocycles. The van der Waals surface area contributed by atoms with E-state index in [-0.39, 0.29) is 0 Å². The van der Waals surface area contributed by atoms with Crippen molar-refractivity contribution in [1.29, 1.82) is 0 Å². The standard InChI is InChI=1S/C14H22N2/c1-11(2)14-7-6-12(9-15-14)13-5-4-8-16(3)10-13/h6-7,9,11,13H,4-5,8,10H2,1-3H3. The molecule has 0 amide bonds. The van der Waals surface area contributed by atoms with E-state index in [0.717, 1.165) is 0 Å². The predicted octanol–water partition coefficient (Wildman–Crippen LogP) is 3.01. The zero-order chi connectivity index (χ0) is 11.5. The van der Waals surface area contributed by atoms with E-state index in [4.69, 9.17) is 0 Å². The summed E-state index contributed by atoms with van der Waals surface area (Å²) in [7, 11) is 2.21. The molecule has 2 rings (SSSR count). The van der Waals surface area contributed by atoms with Gasteiger partial charge in [-0.05, 0) is 49.9 Å². The molecule has 1 unspecified atom stereocenters. The Hall–Kier alpha value is -0.890. The van der Waals surface area contributed by atoms with Gasteiger partial charge in [-0.2, -0.15) is 0 Å². The van der Waals surface area contributed by atoms with Crippen LogP contribution in [0.5, 0.6) is 0 Å². The first-order valence-electron chi connectivity index (χ1n) is 6.31. The van der Waals surface area contributed by atoms with E-state index in [1.807, 2.05) is 0 Å². The lowest BCUT2D eigenvalue weighted by Crippen LogP contribution is -2.30. The maximum atomic E-state index is 4.56. The van der Waals surface area contributed by atoms with Crippen molar-refractivity contribution in [3.8, 4) is 0 Å². The first-order chi connectivity index (χ1) is 7.66. The second-order valence-electron chi connectivity index (χ2n) is 5.27. The Balaban J connectivity index is 2.09. The van der Waals surface area contributed by atoms with Crippen LogP contribution in [0, 0.1) is 0 Å². The van der Waals surface area contributed by atoms with Crippen LogP contribution in [-0.2, 0) is 0 Å². The van der Waals surface area contributed by atoms with E-state index < -0.39 is 0 Å². The summed E-state index contributed by atoms with van der Waals surface area (Å²) in [6.45, 7) is 6.81. The van der Waals surface area contributed by atoms with Gasteiger partial charge in [-0.1, -0.05) is 19.9 Å². The fraction of sp³-hybridized carbons (Fsp3) is 0.643. The van der Waals surface area contributed by atoms with E-state index in [1.165, 1.54) is 37.2 Å². The smallest absolute Gasteiger partial charge is 0.0429 e. The van der Waals surface area contributed by atoms with Gasteiger partial charge in [0.15, 0.2) is 0 Å². The minimum absolute atomic E-state index is 0.531. The summed E-state index contributed by atoms with van der Waals surface area (Å²) < 4.78 is 0. The van der Waals surface area contributed by atoms with Gasteiger partial charge in [-0.25, -0.2) is 0 Å². The molecule has 1 aliphatic rings. The molecule has 0 radical (unpaired) electrons. The first-order valence-corrected chi connectivity index (χ1v) is 6.31. The summed E-state index contributed by atoms with van der Waals surface area (Å²) in [4.78, 5) is 6.98. The van der Waals surface area contributed by atoms with Crippen LogP contribution in [0.2, 0.25) is 0 Å². The van der Waals surface area contributed by atoms with Gasteiger partial charge in [-0.3, -0.25) is 4.98 Å². The highest BCUT2D eigenvalue weighted by Crippen LogP contribution is 2.26. The van der Waals surface area contributed by atoms with Crippen molar-refractivity contribution in [2.45, 2.75) is 38.5 Å². The van der Waals surface area contributed by atoms with E-state index in [2.05, 4.69) is 49.1 Å². The normalized spacial score (nSPS) is 22.6. The van der Waals surface area contributed by atoms with Crippen LogP contribution in [0.1, 0.15) is 49.8 Å². The number of hydrogen-bond donors (Lipinski definition) is 0. The summed E-state index contributed by atoms with van der Waals surface area (Å²) in [5, 5.41) is 0. The zero-order valence-electron chi connectivity index (χ0n) is 10.6. The number of nitrogens with zero attached hydrogens (tertiary/aromatic N) is 2. The summed E-state index contributed by atoms with van der Waals surface area (Å²) in [5.74, 6) is 1.22. The summed E-state index contributed by atoms with van der Waals surface area (Å²) >= 11 is 0. The molecule has 1 aromatic heterocycles. The Bertz CT molecular complexity index is 329. The van der Waals surface area contributed by atoms with E-state index in [9.17, 15) is 0 Å². The van der Waals surface area contributed by atoms with Gasteiger partial charge in [0.2, 0.25) is 0 Å². The molecule has 1 saturated heterocycles. The topological polar surface area (TPSA) is 16.1 Å². The Morgan fingerprint density at radius 3 is 2.75 bits per heavy atom. The Morgan fingerprint density at radius 1 is 1.38 bits per heavy atom. The average molecular weight is 218 g/mol. The molecule has 88 valence electrons. The van der Waals surface area contributed by atoms with Crippen molar-refractivity contribution in [3.63, 3.8) is 0 Å². The SMILES string of the molecule is CC(C)c1ccc(C2CCCN(C)C2)cn1. The van der Waals surface area contributed by atoms with Crippen LogP contribution in [0.25, 0.3) is 0 Å². The second kappa shape index (κ2) is 4.96. The molecule has 0 saturated carbocycles. The number of rotatable bonds is 2. The van der Waals surface area contributed by atoms with Gasteiger partial charge in [0, 0.05) is 18.4 Å². The molecule has 16 heavy (non-hydrogen) atoms. The van der Waals surface area contributed by atoms with Crippen molar-refractivity contribution < 1.29 is 0 Å². The van der Waals surface area contributed by atoms with Crippen molar-refractivity contribution in [1.82, 2.24) is 9.88 Å². The van der Waals surface area contributed by atoms with Crippen molar-refractivity contribution in [3.05, 3.63) is 29.6 Å². The molecule has 1 aliphatic heterocycles. The fourth-order valence-corrected chi connectivity index (χ4v) is 2.44. The predicted molar refractivity (Wildman–Crippen MR) is 67.8 cm³/mol. The highest BCUT2D eigenvalue weighted by atomic mass is 15.1. The maximum absolute atomic E-state index is 4.56. The summed E-state index contributed by atoms with van der Waals surface area (Å²) in [5.41, 5.74) is 2.61. The molecule has 2 heteroatoms. The number of piperidine rings is 1. The highest BCUT2D eigenvalue weighted by Gasteiger charge is 2.19. The molecule has 0 spiro atoms. The van der Waals surface area contributed by atoms with Gasteiger partial charge < -0.3 is 4.90 Å². The van der Waals surface area contributed by atoms with E-state index >= 15 is 0 Å². The van der Waals surface area contributed by atoms with Gasteiger partial charge >= 0.3 is 0 Å². The van der Waals surface area contributed by atoms with Gasteiger partial charge in [-0.15, -0.1) is 0 Å². The average Bonchev–Trinajstić information content (AvgIpc) is 2.29. The lowest BCUT2D eigenvalue weighted by atomic mass is 9.91. The molecular formula is C14H22N2. The van der Waals surface area contributed by atoms with Crippen molar-refractivity contribution >= 4 is 0 Å². The number of likely N-dealkylation sites (N-methyl/N-ethyl adjacent to an activating group) is 1. The quantitative estimate of drug-likeness (QED) is 0.758. The van der Waals surface area contributed by atoms with Gasteiger partial charge in [0.25, 0.3) is 0 Å². The van der Waals surface area contributed by atoms with Crippen LogP contribution < -0.4 is 0 Å². The molecule has 1 fully saturated rings. The van der Waals surface area contributed by atoms with Gasteiger partial charge in [0.05, 0.1) is 0 Å². The lowest BCUT2D eigenvalue weighted by Gasteiger charge is -2.29. The van der Waals surface area contributed by atoms with Crippen molar-refractivity contribution in [2.75, 3.05) is 20.1 Å². The fourth-order valence-electron chi connectivity index (χ4n) is 2.44. The van der Waals surface area contributed by atoms with Crippen LogP contribution in [0.15, 0.2) is 18.3 Å². The van der Waals surface area contributed by atoms with Crippen LogP contribution in [0.4, 0.5) is 0 Å². The molecule has 2 heterocycles. The number of aromatic nitrogens is 1. The van der Waals surface area contributed by atoms with Crippen LogP contribution in [-0.4, -0.2) is 30.0 Å². The number of pyridine rings is 1. The Kier molecular flexibility index (Phi) is 3.59. The number of likely N-dealkylation sites (tertiary alicyclic amines) is 1. The molecule has 0 N–H and O–H groups in total. The number of hydrogen-bond acceptors (Lipinski definition) is 2. The molecule has 0 aliphatic carbocycles. The third kappa shape index (κ3) is 2.62. The minimum Gasteiger partial charge on any atom is -0.306 e. The third-order valence-corrected chi connectivity index (χ3v) is 3.50. The first kappa shape index (κ1) is 11.6. The van der Waals surface area contributed by atoms with E-state index in [1.54, 1.807) is 0 Å². The van der Waals surface area contributed by atoms with Crippen LogP contribution >= 0.6 is 0 Å². The molecule has 1 aromatic rings. The van der Waals surface area contributed by atoms with Gasteiger partial charge in [0.1, 0.15) is 0 Å². The molecular weight excluding hydrogens is 196 g/mol. The maximum Gasteiger partial charge on any atom is 0.0429 e. The zero-order valence-corrected chi connectivity index (χ0v) is 10.6. The summed E-state index contributed by atoms with van der Waals surface area (Å²) in [6.07, 6.45) is 4.71. The Morgan fingerprint density at radius 2 is 2.19 bits per heavy atom. The third-order valence-electron chi connectivity index (χ3n) is 3.50. The summed E-state index contributed by atoms with van der Waals surface area (Å²) in [6, 6.07) is 4.46. The second-order valence-corrected chi connectivity index (χ2v) is 5.27. The molecule has 0 bridgehead atoms. The Labute approximate surface area is 98.7 Å². The van der Waals surface area contributed by atoms with E-state index in [0.29, 0.717) is 11.8 Å². The van der Waals surface area contributed by atoms with Crippen LogP contribution in [0.3, 0.4) is 0 Å².